The van der Waals surface area contributed by atoms with Crippen LogP contribution in [0, 0.1) is 0 Å². The molecular weight excluding hydrogens is 127 g/mol. The van der Waals surface area contributed by atoms with Crippen LogP contribution in [-0.2, 0) is 23.2 Å². The summed E-state index contributed by atoms with van der Waals surface area (Å²) >= 11 is 0.404. The van der Waals surface area contributed by atoms with Crippen molar-refractivity contribution in [3.8, 4) is 0 Å². The van der Waals surface area contributed by atoms with E-state index in [-0.39, 0.29) is 0 Å². The first-order chi connectivity index (χ1) is 2.00. The van der Waals surface area contributed by atoms with E-state index in [2.05, 4.69) is 0 Å². The average molecular weight is 133 g/mol. The summed E-state index contributed by atoms with van der Waals surface area (Å²) in [6, 6.07) is 0. The molecule has 1 fully saturated rings. The summed E-state index contributed by atoms with van der Waals surface area (Å²) in [5.41, 5.74) is 0. The van der Waals surface area contributed by atoms with E-state index < -0.39 is 0 Å². The fraction of sp³-hybridized carbons (Fsp3) is 1.00. The van der Waals surface area contributed by atoms with Crippen LogP contribution in [0.25, 0.3) is 0 Å². The predicted molar refractivity (Wildman–Crippen MR) is 14.2 cm³/mol. The monoisotopic (exact) mass is 132 g/mol. The molecule has 0 amide bonds. The molecule has 0 aromatic heterocycles. The Hall–Kier alpha value is 0.883. The molecule has 1 aliphatic rings. The van der Waals surface area contributed by atoms with Gasteiger partial charge in [0.15, 0.2) is 0 Å². The van der Waals surface area contributed by atoms with Crippen molar-refractivity contribution >= 4 is 0 Å². The van der Waals surface area contributed by atoms with E-state index in [0.717, 1.165) is 0 Å². The van der Waals surface area contributed by atoms with Crippen LogP contribution in [0.3, 0.4) is 0 Å². The Morgan fingerprint density at radius 2 is 1.50 bits per heavy atom. The second-order valence-corrected chi connectivity index (χ2v) is 4.79. The van der Waals surface area contributed by atoms with Gasteiger partial charge < -0.3 is 0 Å². The second kappa shape index (κ2) is 1.35. The third-order valence-electron chi connectivity index (χ3n) is 0.707. The van der Waals surface area contributed by atoms with Gasteiger partial charge >= 0.3 is 37.9 Å². The van der Waals surface area contributed by atoms with Crippen molar-refractivity contribution in [2.24, 2.45) is 0 Å². The van der Waals surface area contributed by atoms with Crippen molar-refractivity contribution in [2.75, 3.05) is 0 Å². The molecule has 0 aliphatic carbocycles. The van der Waals surface area contributed by atoms with E-state index in [1.54, 1.807) is 14.7 Å². The molecule has 1 heteroatoms. The fourth-order valence-corrected chi connectivity index (χ4v) is 1.05. The SMILES string of the molecule is C1[CH2][Zr][CH2]1. The van der Waals surface area contributed by atoms with Gasteiger partial charge in [-0.3, -0.25) is 0 Å². The topological polar surface area (TPSA) is 0 Å². The van der Waals surface area contributed by atoms with Crippen molar-refractivity contribution in [1.29, 1.82) is 0 Å². The maximum absolute atomic E-state index is 1.67. The molecule has 0 spiro atoms. The Morgan fingerprint density at radius 3 is 1.50 bits per heavy atom. The zero-order valence-electron chi connectivity index (χ0n) is 2.62. The average Bonchev–Trinajstić information content (AvgIpc) is 0.722. The van der Waals surface area contributed by atoms with Crippen LogP contribution in [0.15, 0.2) is 0 Å². The molecule has 1 saturated heterocycles. The summed E-state index contributed by atoms with van der Waals surface area (Å²) in [5.74, 6) is 0. The van der Waals surface area contributed by atoms with Crippen LogP contribution in [0.4, 0.5) is 0 Å². The summed E-state index contributed by atoms with van der Waals surface area (Å²) in [6.07, 6.45) is 1.58. The quantitative estimate of drug-likeness (QED) is 0.467. The zero-order chi connectivity index (χ0) is 2.83. The molecule has 0 bridgehead atoms. The molecular formula is C3H6Zr. The molecule has 1 rings (SSSR count). The number of hydrogen-bond acceptors (Lipinski definition) is 0. The Morgan fingerprint density at radius 1 is 1.25 bits per heavy atom. The maximum atomic E-state index is 1.67. The van der Waals surface area contributed by atoms with Crippen molar-refractivity contribution in [3.05, 3.63) is 0 Å². The first-order valence-corrected chi connectivity index (χ1v) is 5.18. The van der Waals surface area contributed by atoms with Crippen LogP contribution in [0.1, 0.15) is 6.42 Å². The predicted octanol–water partition coefficient (Wildman–Crippen LogP) is 1.31. The number of hydrogen-bond donors (Lipinski definition) is 0. The Labute approximate surface area is 38.2 Å². The van der Waals surface area contributed by atoms with Crippen LogP contribution < -0.4 is 0 Å². The molecule has 4 heavy (non-hydrogen) atoms. The third-order valence-corrected chi connectivity index (χ3v) is 4.18. The van der Waals surface area contributed by atoms with E-state index in [4.69, 9.17) is 0 Å². The molecule has 0 radical (unpaired) electrons. The van der Waals surface area contributed by atoms with Gasteiger partial charge in [-0.2, -0.15) is 0 Å². The van der Waals surface area contributed by atoms with E-state index >= 15 is 0 Å². The van der Waals surface area contributed by atoms with Crippen molar-refractivity contribution in [2.45, 2.75) is 14.7 Å². The standard InChI is InChI=1S/C3H6.Zr/c1-3-2;/h1-3H2;. The second-order valence-electron chi connectivity index (χ2n) is 1.10. The molecule has 0 unspecified atom stereocenters. The van der Waals surface area contributed by atoms with Crippen LogP contribution in [0.2, 0.25) is 8.26 Å². The molecule has 22 valence electrons. The Bertz CT molecular complexity index is 11.2. The summed E-state index contributed by atoms with van der Waals surface area (Å²) < 4.78 is 3.34. The molecule has 0 nitrogen and oxygen atoms in total. The summed E-state index contributed by atoms with van der Waals surface area (Å²) in [6.45, 7) is 0. The van der Waals surface area contributed by atoms with Crippen LogP contribution >= 0.6 is 0 Å². The molecule has 0 aromatic carbocycles. The van der Waals surface area contributed by atoms with Gasteiger partial charge in [0.2, 0.25) is 0 Å². The molecule has 1 heterocycles. The first-order valence-electron chi connectivity index (χ1n) is 1.71. The van der Waals surface area contributed by atoms with E-state index in [9.17, 15) is 0 Å². The fourth-order valence-electron chi connectivity index (χ4n) is 0.177. The van der Waals surface area contributed by atoms with Gasteiger partial charge in [-0.05, 0) is 0 Å². The third kappa shape index (κ3) is 0.429. The minimum absolute atomic E-state index is 0.404. The first kappa shape index (κ1) is 3.09. The van der Waals surface area contributed by atoms with Crippen LogP contribution in [0.5, 0.6) is 0 Å². The van der Waals surface area contributed by atoms with Crippen molar-refractivity contribution in [1.82, 2.24) is 0 Å². The molecule has 0 atom stereocenters. The van der Waals surface area contributed by atoms with Gasteiger partial charge in [-0.25, -0.2) is 0 Å². The molecule has 1 aliphatic heterocycles. The minimum atomic E-state index is 0.404. The normalized spacial score (nSPS) is 22.0. The summed E-state index contributed by atoms with van der Waals surface area (Å²) in [4.78, 5) is 0. The molecule has 0 N–H and O–H groups in total. The van der Waals surface area contributed by atoms with Gasteiger partial charge in [-0.1, -0.05) is 0 Å². The van der Waals surface area contributed by atoms with Gasteiger partial charge in [0, 0.05) is 0 Å². The van der Waals surface area contributed by atoms with Gasteiger partial charge in [0.05, 0.1) is 0 Å². The Kier molecular flexibility index (Phi) is 1.04. The van der Waals surface area contributed by atoms with E-state index in [1.807, 2.05) is 0 Å². The van der Waals surface area contributed by atoms with Crippen molar-refractivity contribution in [3.63, 3.8) is 0 Å². The summed E-state index contributed by atoms with van der Waals surface area (Å²) in [5, 5.41) is 0. The van der Waals surface area contributed by atoms with Gasteiger partial charge in [0.1, 0.15) is 0 Å². The molecule has 0 aromatic rings. The van der Waals surface area contributed by atoms with Crippen LogP contribution in [-0.4, -0.2) is 0 Å². The van der Waals surface area contributed by atoms with E-state index in [1.165, 1.54) is 0 Å². The summed E-state index contributed by atoms with van der Waals surface area (Å²) in [7, 11) is 0. The zero-order valence-corrected chi connectivity index (χ0v) is 5.08. The molecule has 0 saturated carbocycles. The van der Waals surface area contributed by atoms with Gasteiger partial charge in [-0.15, -0.1) is 0 Å². The van der Waals surface area contributed by atoms with E-state index in [0.29, 0.717) is 23.2 Å². The van der Waals surface area contributed by atoms with Gasteiger partial charge in [0.25, 0.3) is 0 Å². The van der Waals surface area contributed by atoms with Crippen molar-refractivity contribution < 1.29 is 23.2 Å². The Balaban J connectivity index is 2.00. The number of rotatable bonds is 0.